The summed E-state index contributed by atoms with van der Waals surface area (Å²) in [6.07, 6.45) is 5.13. The van der Waals surface area contributed by atoms with Crippen molar-refractivity contribution < 1.29 is 14.7 Å². The lowest BCUT2D eigenvalue weighted by molar-refractivity contribution is 0.0698. The number of hydrogen-bond donors (Lipinski definition) is 3. The van der Waals surface area contributed by atoms with Gasteiger partial charge < -0.3 is 20.3 Å². The van der Waals surface area contributed by atoms with Crippen LogP contribution in [0.4, 0.5) is 10.5 Å². The number of carbonyl (C=O) groups is 2. The van der Waals surface area contributed by atoms with Crippen molar-refractivity contribution >= 4 is 17.7 Å². The molecule has 1 atom stereocenters. The fourth-order valence-electron chi connectivity index (χ4n) is 1.92. The number of hydrogen-bond acceptors (Lipinski definition) is 3. The quantitative estimate of drug-likeness (QED) is 0.781. The van der Waals surface area contributed by atoms with Crippen LogP contribution >= 0.6 is 0 Å². The number of urea groups is 1. The number of benzene rings is 1. The molecule has 7 nitrogen and oxygen atoms in total. The Morgan fingerprint density at radius 3 is 2.81 bits per heavy atom. The van der Waals surface area contributed by atoms with Crippen molar-refractivity contribution in [1.29, 1.82) is 0 Å². The van der Waals surface area contributed by atoms with Gasteiger partial charge in [0.1, 0.15) is 0 Å². The molecular formula is C14H16N4O3. The lowest BCUT2D eigenvalue weighted by Gasteiger charge is -2.15. The number of nitrogens with zero attached hydrogens (tertiary/aromatic N) is 2. The fraction of sp³-hybridized carbons (Fsp3) is 0.214. The second-order valence-electron chi connectivity index (χ2n) is 4.61. The Hall–Kier alpha value is -2.83. The number of carbonyl (C=O) groups excluding carboxylic acids is 1. The number of aromatic nitrogens is 2. The van der Waals surface area contributed by atoms with Crippen LogP contribution in [-0.4, -0.2) is 32.7 Å². The summed E-state index contributed by atoms with van der Waals surface area (Å²) >= 11 is 0. The van der Waals surface area contributed by atoms with E-state index in [0.717, 1.165) is 0 Å². The Bertz CT molecular complexity index is 625. The van der Waals surface area contributed by atoms with Crippen LogP contribution < -0.4 is 10.6 Å². The number of aromatic carboxylic acids is 1. The number of carboxylic acid groups (broad SMARTS) is 1. The maximum absolute atomic E-state index is 11.9. The zero-order valence-corrected chi connectivity index (χ0v) is 11.5. The van der Waals surface area contributed by atoms with E-state index in [1.165, 1.54) is 6.07 Å². The SMILES string of the molecule is CC(Cn1ccnc1)NC(=O)Nc1ccccc1C(=O)O. The molecule has 0 saturated heterocycles. The number of nitrogens with one attached hydrogen (secondary N) is 2. The molecule has 21 heavy (non-hydrogen) atoms. The molecule has 0 aliphatic carbocycles. The molecule has 1 aromatic heterocycles. The minimum absolute atomic E-state index is 0.0508. The van der Waals surface area contributed by atoms with E-state index in [2.05, 4.69) is 15.6 Å². The zero-order valence-electron chi connectivity index (χ0n) is 11.5. The monoisotopic (exact) mass is 288 g/mol. The molecule has 0 fully saturated rings. The van der Waals surface area contributed by atoms with Crippen molar-refractivity contribution in [2.75, 3.05) is 5.32 Å². The summed E-state index contributed by atoms with van der Waals surface area (Å²) in [6.45, 7) is 2.43. The highest BCUT2D eigenvalue weighted by atomic mass is 16.4. The fourth-order valence-corrected chi connectivity index (χ4v) is 1.92. The number of rotatable bonds is 5. The van der Waals surface area contributed by atoms with Gasteiger partial charge in [-0.25, -0.2) is 14.6 Å². The second kappa shape index (κ2) is 6.56. The summed E-state index contributed by atoms with van der Waals surface area (Å²) in [4.78, 5) is 26.9. The highest BCUT2D eigenvalue weighted by Gasteiger charge is 2.13. The summed E-state index contributed by atoms with van der Waals surface area (Å²) in [7, 11) is 0. The van der Waals surface area contributed by atoms with Gasteiger partial charge in [0, 0.05) is 25.0 Å². The van der Waals surface area contributed by atoms with E-state index < -0.39 is 12.0 Å². The van der Waals surface area contributed by atoms with E-state index in [4.69, 9.17) is 5.11 Å². The van der Waals surface area contributed by atoms with E-state index in [1.54, 1.807) is 36.9 Å². The number of amides is 2. The first kappa shape index (κ1) is 14.6. The molecule has 1 heterocycles. The normalized spacial score (nSPS) is 11.7. The van der Waals surface area contributed by atoms with Gasteiger partial charge in [-0.15, -0.1) is 0 Å². The molecule has 0 aliphatic heterocycles. The van der Waals surface area contributed by atoms with Gasteiger partial charge in [-0.1, -0.05) is 12.1 Å². The highest BCUT2D eigenvalue weighted by molar-refractivity contribution is 5.99. The van der Waals surface area contributed by atoms with E-state index in [-0.39, 0.29) is 17.3 Å². The standard InChI is InChI=1S/C14H16N4O3/c1-10(8-18-7-6-15-9-18)16-14(21)17-12-5-3-2-4-11(12)13(19)20/h2-7,9-10H,8H2,1H3,(H,19,20)(H2,16,17,21). The van der Waals surface area contributed by atoms with Gasteiger partial charge in [-0.05, 0) is 19.1 Å². The molecule has 7 heteroatoms. The third kappa shape index (κ3) is 4.07. The molecule has 0 spiro atoms. The Morgan fingerprint density at radius 2 is 2.14 bits per heavy atom. The number of anilines is 1. The predicted octanol–water partition coefficient (Wildman–Crippen LogP) is 1.79. The molecule has 2 amide bonds. The molecule has 0 radical (unpaired) electrons. The van der Waals surface area contributed by atoms with Gasteiger partial charge in [0.2, 0.25) is 0 Å². The third-order valence-corrected chi connectivity index (χ3v) is 2.83. The summed E-state index contributed by atoms with van der Waals surface area (Å²) in [5, 5.41) is 14.3. The number of carboxylic acids is 1. The zero-order chi connectivity index (χ0) is 15.2. The molecule has 110 valence electrons. The third-order valence-electron chi connectivity index (χ3n) is 2.83. The lowest BCUT2D eigenvalue weighted by Crippen LogP contribution is -2.38. The molecule has 0 bridgehead atoms. The van der Waals surface area contributed by atoms with Crippen molar-refractivity contribution in [3.05, 3.63) is 48.5 Å². The molecule has 0 aliphatic rings. The summed E-state index contributed by atoms with van der Waals surface area (Å²) in [6, 6.07) is 5.68. The number of imidazole rings is 1. The maximum atomic E-state index is 11.9. The Morgan fingerprint density at radius 1 is 1.38 bits per heavy atom. The summed E-state index contributed by atoms with van der Waals surface area (Å²) in [5.41, 5.74) is 0.312. The molecule has 2 aromatic rings. The van der Waals surface area contributed by atoms with Crippen LogP contribution in [0.2, 0.25) is 0 Å². The van der Waals surface area contributed by atoms with Crippen LogP contribution in [0.5, 0.6) is 0 Å². The largest absolute Gasteiger partial charge is 0.478 e. The van der Waals surface area contributed by atoms with Crippen molar-refractivity contribution in [3.8, 4) is 0 Å². The average Bonchev–Trinajstić information content (AvgIpc) is 2.91. The van der Waals surface area contributed by atoms with Gasteiger partial charge in [-0.3, -0.25) is 0 Å². The van der Waals surface area contributed by atoms with E-state index in [1.807, 2.05) is 11.5 Å². The molecule has 0 saturated carbocycles. The van der Waals surface area contributed by atoms with Crippen LogP contribution in [0.15, 0.2) is 43.0 Å². The smallest absolute Gasteiger partial charge is 0.337 e. The van der Waals surface area contributed by atoms with Crippen molar-refractivity contribution in [2.24, 2.45) is 0 Å². The molecule has 1 aromatic carbocycles. The van der Waals surface area contributed by atoms with Gasteiger partial charge >= 0.3 is 12.0 Å². The maximum Gasteiger partial charge on any atom is 0.337 e. The Balaban J connectivity index is 1.94. The van der Waals surface area contributed by atoms with E-state index >= 15 is 0 Å². The average molecular weight is 288 g/mol. The van der Waals surface area contributed by atoms with Gasteiger partial charge in [0.25, 0.3) is 0 Å². The van der Waals surface area contributed by atoms with E-state index in [0.29, 0.717) is 6.54 Å². The number of para-hydroxylation sites is 1. The minimum Gasteiger partial charge on any atom is -0.478 e. The summed E-state index contributed by atoms with van der Waals surface area (Å²) in [5.74, 6) is -1.09. The summed E-state index contributed by atoms with van der Waals surface area (Å²) < 4.78 is 1.84. The van der Waals surface area contributed by atoms with Crippen LogP contribution in [0, 0.1) is 0 Å². The van der Waals surface area contributed by atoms with Crippen molar-refractivity contribution in [1.82, 2.24) is 14.9 Å². The topological polar surface area (TPSA) is 96.3 Å². The van der Waals surface area contributed by atoms with Gasteiger partial charge in [0.15, 0.2) is 0 Å². The molecular weight excluding hydrogens is 272 g/mol. The Labute approximate surface area is 121 Å². The predicted molar refractivity (Wildman–Crippen MR) is 77.2 cm³/mol. The van der Waals surface area contributed by atoms with Crippen LogP contribution in [-0.2, 0) is 6.54 Å². The molecule has 1 unspecified atom stereocenters. The minimum atomic E-state index is -1.09. The first-order chi connectivity index (χ1) is 10.1. The first-order valence-corrected chi connectivity index (χ1v) is 6.42. The highest BCUT2D eigenvalue weighted by Crippen LogP contribution is 2.14. The van der Waals surface area contributed by atoms with Gasteiger partial charge in [-0.2, -0.15) is 0 Å². The van der Waals surface area contributed by atoms with E-state index in [9.17, 15) is 9.59 Å². The second-order valence-corrected chi connectivity index (χ2v) is 4.61. The van der Waals surface area contributed by atoms with Crippen molar-refractivity contribution in [2.45, 2.75) is 19.5 Å². The van der Waals surface area contributed by atoms with Crippen molar-refractivity contribution in [3.63, 3.8) is 0 Å². The van der Waals surface area contributed by atoms with Crippen LogP contribution in [0.3, 0.4) is 0 Å². The Kier molecular flexibility index (Phi) is 4.55. The lowest BCUT2D eigenvalue weighted by atomic mass is 10.2. The molecule has 3 N–H and O–H groups in total. The van der Waals surface area contributed by atoms with Crippen LogP contribution in [0.1, 0.15) is 17.3 Å². The first-order valence-electron chi connectivity index (χ1n) is 6.42. The van der Waals surface area contributed by atoms with Gasteiger partial charge in [0.05, 0.1) is 17.6 Å². The van der Waals surface area contributed by atoms with Crippen LogP contribution in [0.25, 0.3) is 0 Å². The molecule has 2 rings (SSSR count).